The van der Waals surface area contributed by atoms with Gasteiger partial charge < -0.3 is 20.4 Å². The SMILES string of the molecule is CC(C)(C)[C@H](NC(=O)N(CCO)C1CCC1)C(=O)O. The van der Waals surface area contributed by atoms with Crippen molar-refractivity contribution in [1.29, 1.82) is 0 Å². The summed E-state index contributed by atoms with van der Waals surface area (Å²) in [7, 11) is 0. The van der Waals surface area contributed by atoms with Crippen LogP contribution >= 0.6 is 0 Å². The summed E-state index contributed by atoms with van der Waals surface area (Å²) in [6.07, 6.45) is 2.91. The quantitative estimate of drug-likeness (QED) is 0.697. The molecule has 1 aliphatic carbocycles. The Balaban J connectivity index is 2.70. The van der Waals surface area contributed by atoms with E-state index in [9.17, 15) is 14.7 Å². The van der Waals surface area contributed by atoms with E-state index in [1.807, 2.05) is 0 Å². The Bertz CT molecular complexity index is 334. The highest BCUT2D eigenvalue weighted by Gasteiger charge is 2.36. The van der Waals surface area contributed by atoms with E-state index in [0.29, 0.717) is 0 Å². The van der Waals surface area contributed by atoms with Crippen molar-refractivity contribution in [3.63, 3.8) is 0 Å². The number of nitrogens with zero attached hydrogens (tertiary/aromatic N) is 1. The van der Waals surface area contributed by atoms with Crippen molar-refractivity contribution in [2.24, 2.45) is 5.41 Å². The number of rotatable bonds is 5. The summed E-state index contributed by atoms with van der Waals surface area (Å²) in [6, 6.07) is -1.22. The third-order valence-electron chi connectivity index (χ3n) is 3.50. The minimum absolute atomic E-state index is 0.114. The largest absolute Gasteiger partial charge is 0.480 e. The fourth-order valence-electron chi connectivity index (χ4n) is 2.11. The van der Waals surface area contributed by atoms with Gasteiger partial charge in [-0.1, -0.05) is 20.8 Å². The van der Waals surface area contributed by atoms with Gasteiger partial charge in [-0.3, -0.25) is 0 Å². The molecule has 0 aromatic rings. The fraction of sp³-hybridized carbons (Fsp3) is 0.846. The van der Waals surface area contributed by atoms with Crippen molar-refractivity contribution >= 4 is 12.0 Å². The van der Waals surface area contributed by atoms with Gasteiger partial charge in [0.05, 0.1) is 6.61 Å². The van der Waals surface area contributed by atoms with E-state index < -0.39 is 23.5 Å². The molecular weight excluding hydrogens is 248 g/mol. The highest BCUT2D eigenvalue weighted by Crippen LogP contribution is 2.25. The van der Waals surface area contributed by atoms with Crippen LogP contribution in [0, 0.1) is 5.41 Å². The molecule has 1 rings (SSSR count). The van der Waals surface area contributed by atoms with Gasteiger partial charge in [-0.05, 0) is 24.7 Å². The molecule has 6 heteroatoms. The maximum absolute atomic E-state index is 12.2. The first-order chi connectivity index (χ1) is 8.77. The van der Waals surface area contributed by atoms with Gasteiger partial charge in [0, 0.05) is 12.6 Å². The lowest BCUT2D eigenvalue weighted by molar-refractivity contribution is -0.142. The first-order valence-corrected chi connectivity index (χ1v) is 6.68. The number of urea groups is 1. The summed E-state index contributed by atoms with van der Waals surface area (Å²) in [4.78, 5) is 24.9. The second-order valence-electron chi connectivity index (χ2n) is 6.09. The van der Waals surface area contributed by atoms with Crippen LogP contribution in [0.1, 0.15) is 40.0 Å². The van der Waals surface area contributed by atoms with Gasteiger partial charge >= 0.3 is 12.0 Å². The highest BCUT2D eigenvalue weighted by atomic mass is 16.4. The molecule has 0 radical (unpaired) electrons. The lowest BCUT2D eigenvalue weighted by Crippen LogP contribution is -2.57. The Morgan fingerprint density at radius 1 is 1.37 bits per heavy atom. The number of amides is 2. The molecule has 0 aromatic heterocycles. The predicted molar refractivity (Wildman–Crippen MR) is 70.8 cm³/mol. The molecule has 3 N–H and O–H groups in total. The minimum atomic E-state index is -1.04. The molecule has 19 heavy (non-hydrogen) atoms. The summed E-state index contributed by atoms with van der Waals surface area (Å²) >= 11 is 0. The van der Waals surface area contributed by atoms with E-state index in [0.717, 1.165) is 19.3 Å². The highest BCUT2D eigenvalue weighted by molar-refractivity contribution is 5.83. The second-order valence-corrected chi connectivity index (χ2v) is 6.09. The number of aliphatic hydroxyl groups excluding tert-OH is 1. The van der Waals surface area contributed by atoms with Crippen LogP contribution in [0.3, 0.4) is 0 Å². The zero-order valence-corrected chi connectivity index (χ0v) is 11.8. The van der Waals surface area contributed by atoms with Crippen LogP contribution in [0.2, 0.25) is 0 Å². The van der Waals surface area contributed by atoms with Gasteiger partial charge in [0.25, 0.3) is 0 Å². The number of carboxylic acids is 1. The first kappa shape index (κ1) is 15.8. The van der Waals surface area contributed by atoms with Crippen LogP contribution in [0.25, 0.3) is 0 Å². The smallest absolute Gasteiger partial charge is 0.326 e. The van der Waals surface area contributed by atoms with Crippen LogP contribution in [0.5, 0.6) is 0 Å². The van der Waals surface area contributed by atoms with Crippen molar-refractivity contribution in [3.05, 3.63) is 0 Å². The Morgan fingerprint density at radius 3 is 2.26 bits per heavy atom. The van der Waals surface area contributed by atoms with E-state index >= 15 is 0 Å². The molecule has 0 aromatic carbocycles. The van der Waals surface area contributed by atoms with Crippen molar-refractivity contribution in [2.75, 3.05) is 13.2 Å². The standard InChI is InChI=1S/C13H24N2O4/c1-13(2,3)10(11(17)18)14-12(19)15(7-8-16)9-5-4-6-9/h9-10,16H,4-8H2,1-3H3,(H,14,19)(H,17,18)/t10-/m1/s1. The lowest BCUT2D eigenvalue weighted by Gasteiger charge is -2.39. The molecular formula is C13H24N2O4. The van der Waals surface area contributed by atoms with Crippen molar-refractivity contribution < 1.29 is 19.8 Å². The topological polar surface area (TPSA) is 89.9 Å². The molecule has 6 nitrogen and oxygen atoms in total. The van der Waals surface area contributed by atoms with Gasteiger partial charge in [-0.2, -0.15) is 0 Å². The normalized spacial score (nSPS) is 17.5. The second kappa shape index (κ2) is 6.23. The van der Waals surface area contributed by atoms with Crippen LogP contribution in [0.4, 0.5) is 4.79 Å². The van der Waals surface area contributed by atoms with Gasteiger partial charge in [-0.25, -0.2) is 9.59 Å². The summed E-state index contributed by atoms with van der Waals surface area (Å²) < 4.78 is 0. The number of carbonyl (C=O) groups is 2. The molecule has 2 amide bonds. The molecule has 1 fully saturated rings. The molecule has 1 aliphatic rings. The molecule has 1 saturated carbocycles. The van der Waals surface area contributed by atoms with E-state index in [1.165, 1.54) is 0 Å². The lowest BCUT2D eigenvalue weighted by atomic mass is 9.86. The molecule has 0 unspecified atom stereocenters. The molecule has 0 spiro atoms. The summed E-state index contributed by atoms with van der Waals surface area (Å²) in [5, 5.41) is 20.8. The van der Waals surface area contributed by atoms with E-state index in [-0.39, 0.29) is 19.2 Å². The Morgan fingerprint density at radius 2 is 1.95 bits per heavy atom. The van der Waals surface area contributed by atoms with Crippen LogP contribution in [0.15, 0.2) is 0 Å². The summed E-state index contributed by atoms with van der Waals surface area (Å²) in [6.45, 7) is 5.44. The van der Waals surface area contributed by atoms with Crippen LogP contribution < -0.4 is 5.32 Å². The summed E-state index contributed by atoms with van der Waals surface area (Å²) in [5.41, 5.74) is -0.564. The number of nitrogens with one attached hydrogen (secondary N) is 1. The number of hydrogen-bond donors (Lipinski definition) is 3. The van der Waals surface area contributed by atoms with E-state index in [4.69, 9.17) is 5.11 Å². The van der Waals surface area contributed by atoms with Crippen LogP contribution in [-0.2, 0) is 4.79 Å². The van der Waals surface area contributed by atoms with Gasteiger partial charge in [0.1, 0.15) is 6.04 Å². The monoisotopic (exact) mass is 272 g/mol. The molecule has 110 valence electrons. The maximum Gasteiger partial charge on any atom is 0.326 e. The molecule has 0 aliphatic heterocycles. The fourth-order valence-corrected chi connectivity index (χ4v) is 2.11. The van der Waals surface area contributed by atoms with Crippen molar-refractivity contribution in [1.82, 2.24) is 10.2 Å². The van der Waals surface area contributed by atoms with E-state index in [1.54, 1.807) is 25.7 Å². The summed E-state index contributed by atoms with van der Waals surface area (Å²) in [5.74, 6) is -1.04. The third-order valence-corrected chi connectivity index (χ3v) is 3.50. The zero-order chi connectivity index (χ0) is 14.6. The number of carbonyl (C=O) groups excluding carboxylic acids is 1. The molecule has 0 saturated heterocycles. The number of aliphatic carboxylic acids is 1. The molecule has 0 bridgehead atoms. The number of aliphatic hydroxyl groups is 1. The van der Waals surface area contributed by atoms with E-state index in [2.05, 4.69) is 5.32 Å². The minimum Gasteiger partial charge on any atom is -0.480 e. The first-order valence-electron chi connectivity index (χ1n) is 6.68. The molecule has 0 heterocycles. The van der Waals surface area contributed by atoms with Gasteiger partial charge in [0.2, 0.25) is 0 Å². The zero-order valence-electron chi connectivity index (χ0n) is 11.8. The van der Waals surface area contributed by atoms with Crippen molar-refractivity contribution in [2.45, 2.75) is 52.1 Å². The predicted octanol–water partition coefficient (Wildman–Crippen LogP) is 1.04. The maximum atomic E-state index is 12.2. The van der Waals surface area contributed by atoms with Gasteiger partial charge in [0.15, 0.2) is 0 Å². The Kier molecular flexibility index (Phi) is 5.17. The number of carboxylic acid groups (broad SMARTS) is 1. The van der Waals surface area contributed by atoms with Crippen LogP contribution in [-0.4, -0.2) is 52.3 Å². The van der Waals surface area contributed by atoms with Crippen molar-refractivity contribution in [3.8, 4) is 0 Å². The third kappa shape index (κ3) is 4.09. The van der Waals surface area contributed by atoms with Gasteiger partial charge in [-0.15, -0.1) is 0 Å². The average molecular weight is 272 g/mol. The molecule has 1 atom stereocenters. The number of hydrogen-bond acceptors (Lipinski definition) is 3. The Hall–Kier alpha value is -1.30. The Labute approximate surface area is 113 Å². The average Bonchev–Trinajstić information content (AvgIpc) is 2.20.